The molecule has 0 saturated carbocycles. The number of H-pyrrole nitrogens is 1. The smallest absolute Gasteiger partial charge is 0.191 e. The van der Waals surface area contributed by atoms with Crippen molar-refractivity contribution in [2.24, 2.45) is 4.99 Å². The summed E-state index contributed by atoms with van der Waals surface area (Å²) in [5.74, 6) is 1.23. The van der Waals surface area contributed by atoms with Gasteiger partial charge in [-0.05, 0) is 42.3 Å². The van der Waals surface area contributed by atoms with Crippen molar-refractivity contribution in [1.29, 1.82) is 0 Å². The molecule has 29 heavy (non-hydrogen) atoms. The largest absolute Gasteiger partial charge is 0.361 e. The van der Waals surface area contributed by atoms with Gasteiger partial charge in [0.1, 0.15) is 12.1 Å². The lowest BCUT2D eigenvalue weighted by atomic mass is 10.1. The van der Waals surface area contributed by atoms with Crippen LogP contribution in [0.25, 0.3) is 16.6 Å². The van der Waals surface area contributed by atoms with E-state index in [4.69, 9.17) is 0 Å². The first kappa shape index (κ1) is 18.7. The number of aliphatic imine (C=N–C) groups is 1. The van der Waals surface area contributed by atoms with Crippen LogP contribution in [0.5, 0.6) is 0 Å². The number of fused-ring (bicyclic) bond motifs is 1. The summed E-state index contributed by atoms with van der Waals surface area (Å²) in [6.07, 6.45) is 4.40. The third-order valence-electron chi connectivity index (χ3n) is 4.71. The van der Waals surface area contributed by atoms with E-state index in [1.807, 2.05) is 41.1 Å². The van der Waals surface area contributed by atoms with Gasteiger partial charge < -0.3 is 15.6 Å². The second-order valence-electron chi connectivity index (χ2n) is 6.56. The van der Waals surface area contributed by atoms with Gasteiger partial charge in [-0.2, -0.15) is 0 Å². The van der Waals surface area contributed by atoms with Crippen LogP contribution in [0.3, 0.4) is 0 Å². The summed E-state index contributed by atoms with van der Waals surface area (Å²) < 4.78 is 15.3. The maximum Gasteiger partial charge on any atom is 0.191 e. The zero-order chi connectivity index (χ0) is 20.1. The monoisotopic (exact) mass is 391 g/mol. The van der Waals surface area contributed by atoms with Gasteiger partial charge in [-0.3, -0.25) is 9.56 Å². The van der Waals surface area contributed by atoms with Crippen molar-refractivity contribution in [1.82, 2.24) is 30.4 Å². The number of halogens is 1. The second kappa shape index (κ2) is 8.55. The first-order chi connectivity index (χ1) is 14.2. The van der Waals surface area contributed by atoms with Crippen LogP contribution in [0, 0.1) is 5.82 Å². The van der Waals surface area contributed by atoms with Gasteiger partial charge in [0.05, 0.1) is 6.54 Å². The highest BCUT2D eigenvalue weighted by molar-refractivity contribution is 5.83. The van der Waals surface area contributed by atoms with E-state index in [0.29, 0.717) is 19.0 Å². The van der Waals surface area contributed by atoms with E-state index in [0.717, 1.165) is 34.4 Å². The Kier molecular flexibility index (Phi) is 5.51. The van der Waals surface area contributed by atoms with Crippen LogP contribution >= 0.6 is 0 Å². The third-order valence-corrected chi connectivity index (χ3v) is 4.71. The fourth-order valence-corrected chi connectivity index (χ4v) is 3.25. The normalized spacial score (nSPS) is 11.7. The summed E-state index contributed by atoms with van der Waals surface area (Å²) in [7, 11) is 1.73. The van der Waals surface area contributed by atoms with Crippen molar-refractivity contribution < 1.29 is 4.39 Å². The van der Waals surface area contributed by atoms with Gasteiger partial charge in [-0.15, -0.1) is 10.2 Å². The molecule has 0 aliphatic carbocycles. The van der Waals surface area contributed by atoms with Gasteiger partial charge in [0, 0.05) is 36.4 Å². The van der Waals surface area contributed by atoms with E-state index in [1.165, 1.54) is 12.1 Å². The zero-order valence-electron chi connectivity index (χ0n) is 16.1. The number of nitrogens with one attached hydrogen (secondary N) is 3. The fraction of sp³-hybridized carbons (Fsp3) is 0.190. The van der Waals surface area contributed by atoms with Crippen LogP contribution in [-0.4, -0.2) is 39.3 Å². The molecular formula is C21H22FN7. The van der Waals surface area contributed by atoms with Crippen LogP contribution in [0.4, 0.5) is 4.39 Å². The highest BCUT2D eigenvalue weighted by atomic mass is 19.1. The topological polar surface area (TPSA) is 82.9 Å². The molecule has 7 nitrogen and oxygen atoms in total. The molecule has 2 aromatic carbocycles. The van der Waals surface area contributed by atoms with Gasteiger partial charge in [0.2, 0.25) is 0 Å². The van der Waals surface area contributed by atoms with Crippen LogP contribution in [0.1, 0.15) is 11.4 Å². The van der Waals surface area contributed by atoms with Crippen molar-refractivity contribution in [3.8, 4) is 5.69 Å². The molecule has 4 rings (SSSR count). The number of para-hydroxylation sites is 1. The molecule has 8 heteroatoms. The summed E-state index contributed by atoms with van der Waals surface area (Å²) in [5.41, 5.74) is 2.95. The molecule has 0 fully saturated rings. The maximum absolute atomic E-state index is 13.3. The van der Waals surface area contributed by atoms with Gasteiger partial charge in [0.15, 0.2) is 11.8 Å². The number of benzene rings is 2. The van der Waals surface area contributed by atoms with Crippen molar-refractivity contribution in [2.75, 3.05) is 13.6 Å². The molecule has 0 aliphatic heterocycles. The molecule has 0 amide bonds. The van der Waals surface area contributed by atoms with Gasteiger partial charge in [-0.1, -0.05) is 18.2 Å². The van der Waals surface area contributed by atoms with Gasteiger partial charge in [0.25, 0.3) is 0 Å². The van der Waals surface area contributed by atoms with E-state index < -0.39 is 0 Å². The number of aromatic amines is 1. The SMILES string of the molecule is CN=C(NCCc1c[nH]c2cc(F)ccc12)NCc1nncn1-c1ccccc1. The fourth-order valence-electron chi connectivity index (χ4n) is 3.25. The Morgan fingerprint density at radius 1 is 1.17 bits per heavy atom. The molecule has 0 saturated heterocycles. The van der Waals surface area contributed by atoms with Crippen molar-refractivity contribution >= 4 is 16.9 Å². The molecule has 0 aliphatic rings. The first-order valence-electron chi connectivity index (χ1n) is 9.39. The molecule has 0 spiro atoms. The molecular weight excluding hydrogens is 369 g/mol. The summed E-state index contributed by atoms with van der Waals surface area (Å²) in [6.45, 7) is 1.18. The highest BCUT2D eigenvalue weighted by Gasteiger charge is 2.08. The van der Waals surface area contributed by atoms with Gasteiger partial charge in [-0.25, -0.2) is 4.39 Å². The lowest BCUT2D eigenvalue weighted by molar-refractivity contribution is 0.629. The quantitative estimate of drug-likeness (QED) is 0.349. The molecule has 0 unspecified atom stereocenters. The molecule has 0 bridgehead atoms. The Labute approximate surface area is 167 Å². The Bertz CT molecular complexity index is 1110. The average molecular weight is 391 g/mol. The standard InChI is InChI=1S/C21H22FN7/c1-23-21(24-10-9-15-12-25-19-11-16(22)7-8-18(15)19)26-13-20-28-27-14-29(20)17-5-3-2-4-6-17/h2-8,11-12,14,25H,9-10,13H2,1H3,(H2,23,24,26). The van der Waals surface area contributed by atoms with Crippen molar-refractivity contribution in [3.63, 3.8) is 0 Å². The number of rotatable bonds is 6. The number of guanidine groups is 1. The van der Waals surface area contributed by atoms with Crippen molar-refractivity contribution in [2.45, 2.75) is 13.0 Å². The summed E-state index contributed by atoms with van der Waals surface area (Å²) >= 11 is 0. The number of aromatic nitrogens is 4. The van der Waals surface area contributed by atoms with Crippen LogP contribution in [0.15, 0.2) is 66.0 Å². The van der Waals surface area contributed by atoms with E-state index >= 15 is 0 Å². The number of hydrogen-bond donors (Lipinski definition) is 3. The Hall–Kier alpha value is -3.68. The minimum absolute atomic E-state index is 0.239. The van der Waals surface area contributed by atoms with Gasteiger partial charge >= 0.3 is 0 Å². The minimum atomic E-state index is -0.239. The first-order valence-corrected chi connectivity index (χ1v) is 9.39. The molecule has 2 aromatic heterocycles. The number of hydrogen-bond acceptors (Lipinski definition) is 3. The summed E-state index contributed by atoms with van der Waals surface area (Å²) in [5, 5.41) is 15.8. The lowest BCUT2D eigenvalue weighted by Gasteiger charge is -2.12. The molecule has 0 atom stereocenters. The van der Waals surface area contributed by atoms with Crippen LogP contribution in [-0.2, 0) is 13.0 Å². The van der Waals surface area contributed by atoms with E-state index in [-0.39, 0.29) is 5.82 Å². The number of nitrogens with zero attached hydrogens (tertiary/aromatic N) is 4. The molecule has 2 heterocycles. The Morgan fingerprint density at radius 3 is 2.86 bits per heavy atom. The Morgan fingerprint density at radius 2 is 2.03 bits per heavy atom. The zero-order valence-corrected chi connectivity index (χ0v) is 16.1. The van der Waals surface area contributed by atoms with E-state index in [9.17, 15) is 4.39 Å². The van der Waals surface area contributed by atoms with E-state index in [1.54, 1.807) is 19.4 Å². The summed E-state index contributed by atoms with van der Waals surface area (Å²) in [4.78, 5) is 7.38. The summed E-state index contributed by atoms with van der Waals surface area (Å²) in [6, 6.07) is 14.7. The Balaban J connectivity index is 1.33. The minimum Gasteiger partial charge on any atom is -0.361 e. The highest BCUT2D eigenvalue weighted by Crippen LogP contribution is 2.19. The molecule has 3 N–H and O–H groups in total. The third kappa shape index (κ3) is 4.26. The molecule has 4 aromatic rings. The van der Waals surface area contributed by atoms with E-state index in [2.05, 4.69) is 30.8 Å². The second-order valence-corrected chi connectivity index (χ2v) is 6.56. The molecule has 0 radical (unpaired) electrons. The van der Waals surface area contributed by atoms with Crippen molar-refractivity contribution in [3.05, 3.63) is 78.3 Å². The molecule has 148 valence electrons. The maximum atomic E-state index is 13.3. The van der Waals surface area contributed by atoms with Crippen LogP contribution in [0.2, 0.25) is 0 Å². The lowest BCUT2D eigenvalue weighted by Crippen LogP contribution is -2.38. The predicted octanol–water partition coefficient (Wildman–Crippen LogP) is 2.80. The average Bonchev–Trinajstić information content (AvgIpc) is 3.38. The predicted molar refractivity (Wildman–Crippen MR) is 112 cm³/mol. The van der Waals surface area contributed by atoms with Crippen LogP contribution < -0.4 is 10.6 Å².